The van der Waals surface area contributed by atoms with Gasteiger partial charge in [0, 0.05) is 16.5 Å². The van der Waals surface area contributed by atoms with Gasteiger partial charge in [0.15, 0.2) is 0 Å². The van der Waals surface area contributed by atoms with E-state index in [1.54, 1.807) is 0 Å². The molecular weight excluding hydrogens is 316 g/mol. The summed E-state index contributed by atoms with van der Waals surface area (Å²) in [6, 6.07) is 8.11. The van der Waals surface area contributed by atoms with Crippen molar-refractivity contribution in [1.29, 1.82) is 0 Å². The molecule has 1 aromatic rings. The maximum Gasteiger partial charge on any atom is 0.312 e. The van der Waals surface area contributed by atoms with E-state index in [9.17, 15) is 0 Å². The molecule has 3 nitrogen and oxygen atoms in total. The Morgan fingerprint density at radius 2 is 1.54 bits per heavy atom. The van der Waals surface area contributed by atoms with Gasteiger partial charge >= 0.3 is 5.97 Å². The van der Waals surface area contributed by atoms with Gasteiger partial charge in [-0.05, 0) is 42.5 Å². The van der Waals surface area contributed by atoms with E-state index >= 15 is 0 Å². The number of hydrogen-bond donors (Lipinski definition) is 0. The Labute approximate surface area is 145 Å². The smallest absolute Gasteiger partial charge is 0.312 e. The van der Waals surface area contributed by atoms with E-state index in [2.05, 4.69) is 38.0 Å². The number of rotatable bonds is 2. The van der Waals surface area contributed by atoms with E-state index in [0.717, 1.165) is 36.9 Å². The highest BCUT2D eigenvalue weighted by Gasteiger charge is 2.61. The molecule has 3 heterocycles. The third-order valence-corrected chi connectivity index (χ3v) is 6.24. The standard InChI is InChI=1S/C20H26O3Si/c1-15-11-18(15)19-12-21-20(22-13-19,23-14-19)17-7-5-16(6-8-17)9-10-24(2,3)4/h5-8,15,18H,11-14H2,1-4H3/t15-,18-,19?,20?/m1/s1. The van der Waals surface area contributed by atoms with Crippen molar-refractivity contribution < 1.29 is 14.2 Å². The monoisotopic (exact) mass is 342 g/mol. The van der Waals surface area contributed by atoms with Gasteiger partial charge in [0.1, 0.15) is 8.07 Å². The van der Waals surface area contributed by atoms with Crippen LogP contribution in [0.1, 0.15) is 24.5 Å². The Balaban J connectivity index is 1.50. The largest absolute Gasteiger partial charge is 0.323 e. The highest BCUT2D eigenvalue weighted by molar-refractivity contribution is 6.83. The molecule has 0 N–H and O–H groups in total. The minimum absolute atomic E-state index is 0.0733. The van der Waals surface area contributed by atoms with Crippen molar-refractivity contribution >= 4 is 8.07 Å². The molecule has 0 radical (unpaired) electrons. The average molecular weight is 343 g/mol. The minimum Gasteiger partial charge on any atom is -0.323 e. The third kappa shape index (κ3) is 2.84. The fourth-order valence-corrected chi connectivity index (χ4v) is 4.25. The molecule has 4 fully saturated rings. The lowest BCUT2D eigenvalue weighted by Gasteiger charge is -2.52. The summed E-state index contributed by atoms with van der Waals surface area (Å²) < 4.78 is 18.3. The molecule has 24 heavy (non-hydrogen) atoms. The van der Waals surface area contributed by atoms with Crippen LogP contribution in [-0.4, -0.2) is 27.9 Å². The molecule has 3 saturated heterocycles. The topological polar surface area (TPSA) is 27.7 Å². The molecule has 4 heteroatoms. The Bertz CT molecular complexity index is 668. The summed E-state index contributed by atoms with van der Waals surface area (Å²) in [6.45, 7) is 11.3. The second-order valence-electron chi connectivity index (χ2n) is 8.68. The highest BCUT2D eigenvalue weighted by Crippen LogP contribution is 2.57. The van der Waals surface area contributed by atoms with Crippen LogP contribution in [0.5, 0.6) is 0 Å². The van der Waals surface area contributed by atoms with Crippen LogP contribution in [0.4, 0.5) is 0 Å². The molecule has 3 aliphatic heterocycles. The number of fused-ring (bicyclic) bond motifs is 3. The molecular formula is C20H26O3Si. The maximum absolute atomic E-state index is 6.08. The second kappa shape index (κ2) is 5.44. The van der Waals surface area contributed by atoms with Gasteiger partial charge in [-0.2, -0.15) is 0 Å². The lowest BCUT2D eigenvalue weighted by atomic mass is 9.82. The van der Waals surface area contributed by atoms with E-state index in [1.807, 2.05) is 24.3 Å². The molecule has 1 aromatic carbocycles. The van der Waals surface area contributed by atoms with E-state index < -0.39 is 14.0 Å². The summed E-state index contributed by atoms with van der Waals surface area (Å²) in [4.78, 5) is 0. The Kier molecular flexibility index (Phi) is 3.70. The third-order valence-electron chi connectivity index (χ3n) is 5.37. The molecule has 0 spiro atoms. The molecule has 0 amide bonds. The van der Waals surface area contributed by atoms with Crippen LogP contribution >= 0.6 is 0 Å². The van der Waals surface area contributed by atoms with Gasteiger partial charge in [0.25, 0.3) is 0 Å². The first-order valence-electron chi connectivity index (χ1n) is 8.88. The van der Waals surface area contributed by atoms with E-state index in [4.69, 9.17) is 14.2 Å². The summed E-state index contributed by atoms with van der Waals surface area (Å²) in [5.74, 6) is 3.73. The van der Waals surface area contributed by atoms with Crippen molar-refractivity contribution in [3.8, 4) is 11.5 Å². The summed E-state index contributed by atoms with van der Waals surface area (Å²) in [5.41, 5.74) is 5.43. The first-order chi connectivity index (χ1) is 11.3. The zero-order valence-electron chi connectivity index (χ0n) is 15.0. The number of benzene rings is 1. The molecule has 4 aliphatic rings. The van der Waals surface area contributed by atoms with E-state index in [1.165, 1.54) is 6.42 Å². The Morgan fingerprint density at radius 3 is 2.00 bits per heavy atom. The van der Waals surface area contributed by atoms with Crippen molar-refractivity contribution in [2.75, 3.05) is 19.8 Å². The molecule has 1 saturated carbocycles. The summed E-state index contributed by atoms with van der Waals surface area (Å²) >= 11 is 0. The zero-order valence-corrected chi connectivity index (χ0v) is 16.0. The zero-order chi connectivity index (χ0) is 17.0. The normalized spacial score (nSPS) is 37.7. The first kappa shape index (κ1) is 16.4. The van der Waals surface area contributed by atoms with Crippen LogP contribution in [0.15, 0.2) is 24.3 Å². The SMILES string of the molecule is C[C@@H]1C[C@H]1C12COC(c3ccc(C#C[Si](C)(C)C)cc3)(OC1)OC2. The van der Waals surface area contributed by atoms with Gasteiger partial charge in [0.2, 0.25) is 0 Å². The van der Waals surface area contributed by atoms with Crippen LogP contribution in [-0.2, 0) is 20.2 Å². The van der Waals surface area contributed by atoms with Crippen molar-refractivity contribution in [3.63, 3.8) is 0 Å². The van der Waals surface area contributed by atoms with Gasteiger partial charge in [0.05, 0.1) is 19.8 Å². The molecule has 128 valence electrons. The van der Waals surface area contributed by atoms with Crippen molar-refractivity contribution in [3.05, 3.63) is 35.4 Å². The van der Waals surface area contributed by atoms with Crippen LogP contribution < -0.4 is 0 Å². The first-order valence-corrected chi connectivity index (χ1v) is 12.4. The fraction of sp³-hybridized carbons (Fsp3) is 0.600. The number of ether oxygens (including phenoxy) is 3. The predicted octanol–water partition coefficient (Wildman–Crippen LogP) is 3.75. The lowest BCUT2D eigenvalue weighted by molar-refractivity contribution is -0.482. The van der Waals surface area contributed by atoms with Crippen LogP contribution in [0.2, 0.25) is 19.6 Å². The van der Waals surface area contributed by atoms with Gasteiger partial charge in [-0.15, -0.1) is 5.54 Å². The van der Waals surface area contributed by atoms with Crippen LogP contribution in [0.3, 0.4) is 0 Å². The molecule has 0 unspecified atom stereocenters. The van der Waals surface area contributed by atoms with Gasteiger partial charge in [-0.3, -0.25) is 0 Å². The quantitative estimate of drug-likeness (QED) is 0.605. The predicted molar refractivity (Wildman–Crippen MR) is 95.9 cm³/mol. The van der Waals surface area contributed by atoms with E-state index in [-0.39, 0.29) is 5.41 Å². The molecule has 5 rings (SSSR count). The van der Waals surface area contributed by atoms with Gasteiger partial charge in [-0.1, -0.05) is 32.5 Å². The molecule has 1 aliphatic carbocycles. The van der Waals surface area contributed by atoms with E-state index in [0.29, 0.717) is 5.92 Å². The summed E-state index contributed by atoms with van der Waals surface area (Å²) in [5, 5.41) is 0. The second-order valence-corrected chi connectivity index (χ2v) is 13.4. The lowest BCUT2D eigenvalue weighted by Crippen LogP contribution is -2.59. The van der Waals surface area contributed by atoms with Crippen molar-refractivity contribution in [1.82, 2.24) is 0 Å². The minimum atomic E-state index is -1.36. The van der Waals surface area contributed by atoms with Crippen LogP contribution in [0, 0.1) is 28.7 Å². The fourth-order valence-electron chi connectivity index (χ4n) is 3.73. The summed E-state index contributed by atoms with van der Waals surface area (Å²) in [6.07, 6.45) is 1.27. The Hall–Kier alpha value is -1.12. The average Bonchev–Trinajstić information content (AvgIpc) is 3.32. The van der Waals surface area contributed by atoms with Crippen molar-refractivity contribution in [2.24, 2.45) is 17.3 Å². The number of hydrogen-bond acceptors (Lipinski definition) is 3. The molecule has 2 atom stereocenters. The Morgan fingerprint density at radius 1 is 1.00 bits per heavy atom. The van der Waals surface area contributed by atoms with Crippen molar-refractivity contribution in [2.45, 2.75) is 39.0 Å². The maximum atomic E-state index is 6.08. The van der Waals surface area contributed by atoms with Gasteiger partial charge < -0.3 is 14.2 Å². The molecule has 0 aromatic heterocycles. The molecule has 2 bridgehead atoms. The van der Waals surface area contributed by atoms with Crippen LogP contribution in [0.25, 0.3) is 0 Å². The highest BCUT2D eigenvalue weighted by atomic mass is 28.3. The summed E-state index contributed by atoms with van der Waals surface area (Å²) in [7, 11) is -1.36. The van der Waals surface area contributed by atoms with Gasteiger partial charge in [-0.25, -0.2) is 0 Å².